The molecule has 1 aromatic heterocycles. The molecule has 3 aliphatic rings. The van der Waals surface area contributed by atoms with Crippen molar-refractivity contribution in [1.29, 1.82) is 0 Å². The molecule has 4 heterocycles. The van der Waals surface area contributed by atoms with Crippen LogP contribution in [0.15, 0.2) is 0 Å². The summed E-state index contributed by atoms with van der Waals surface area (Å²) in [7, 11) is 0. The molecule has 0 aliphatic carbocycles. The van der Waals surface area contributed by atoms with E-state index in [4.69, 9.17) is 10.5 Å². The highest BCUT2D eigenvalue weighted by Crippen LogP contribution is 2.39. The second kappa shape index (κ2) is 6.03. The van der Waals surface area contributed by atoms with Crippen LogP contribution in [0.2, 0.25) is 0 Å². The van der Waals surface area contributed by atoms with Gasteiger partial charge in [-0.3, -0.25) is 0 Å². The Hall–Kier alpha value is -1.76. The van der Waals surface area contributed by atoms with Crippen LogP contribution >= 0.6 is 0 Å². The molecule has 3 aliphatic heterocycles. The Morgan fingerprint density at radius 3 is 3.04 bits per heavy atom. The minimum Gasteiger partial charge on any atom is -0.486 e. The highest BCUT2D eigenvalue weighted by Gasteiger charge is 2.37. The van der Waals surface area contributed by atoms with E-state index >= 15 is 0 Å². The molecule has 4 rings (SSSR count). The number of rotatable bonds is 2. The van der Waals surface area contributed by atoms with Crippen LogP contribution in [0.5, 0.6) is 5.75 Å². The van der Waals surface area contributed by atoms with Crippen LogP contribution in [-0.4, -0.2) is 48.3 Å². The van der Waals surface area contributed by atoms with Crippen molar-refractivity contribution in [2.45, 2.75) is 44.7 Å². The van der Waals surface area contributed by atoms with E-state index in [1.807, 2.05) is 0 Å². The number of anilines is 3. The molecule has 4 N–H and O–H groups in total. The minimum absolute atomic E-state index is 0.314. The van der Waals surface area contributed by atoms with Crippen LogP contribution in [0.3, 0.4) is 0 Å². The Morgan fingerprint density at radius 2 is 2.22 bits per heavy atom. The normalized spacial score (nSPS) is 30.0. The van der Waals surface area contributed by atoms with Crippen LogP contribution < -0.4 is 26.0 Å². The molecule has 0 saturated carbocycles. The van der Waals surface area contributed by atoms with Crippen LogP contribution in [-0.2, 0) is 0 Å². The summed E-state index contributed by atoms with van der Waals surface area (Å²) in [5.41, 5.74) is 5.97. The Morgan fingerprint density at radius 1 is 1.30 bits per heavy atom. The second-order valence-electron chi connectivity index (χ2n) is 6.84. The predicted molar refractivity (Wildman–Crippen MR) is 91.0 cm³/mol. The maximum absolute atomic E-state index is 6.03. The number of hydrogen-bond donors (Lipinski definition) is 3. The molecule has 23 heavy (non-hydrogen) atoms. The van der Waals surface area contributed by atoms with Gasteiger partial charge in [-0.1, -0.05) is 6.92 Å². The van der Waals surface area contributed by atoms with E-state index in [0.29, 0.717) is 30.6 Å². The van der Waals surface area contributed by atoms with Crippen molar-refractivity contribution in [3.05, 3.63) is 0 Å². The summed E-state index contributed by atoms with van der Waals surface area (Å²) in [4.78, 5) is 11.2. The zero-order valence-electron chi connectivity index (χ0n) is 13.7. The van der Waals surface area contributed by atoms with Gasteiger partial charge in [0.25, 0.3) is 0 Å². The first-order chi connectivity index (χ1) is 11.2. The number of nitrogens with two attached hydrogens (primary N) is 1. The van der Waals surface area contributed by atoms with Crippen molar-refractivity contribution in [2.24, 2.45) is 5.92 Å². The van der Waals surface area contributed by atoms with Gasteiger partial charge >= 0.3 is 0 Å². The zero-order valence-corrected chi connectivity index (χ0v) is 13.7. The average molecular weight is 318 g/mol. The lowest BCUT2D eigenvalue weighted by molar-refractivity contribution is 0.310. The fourth-order valence-electron chi connectivity index (χ4n) is 4.00. The SMILES string of the molecule is CC[C@@H]1CCOc2c(nc(N)nc2N2C[C@H]3CCCN[C@H]3C2)N1. The number of fused-ring (bicyclic) bond motifs is 2. The topological polar surface area (TPSA) is 88.3 Å². The molecule has 7 heteroatoms. The van der Waals surface area contributed by atoms with Crippen molar-refractivity contribution < 1.29 is 4.74 Å². The summed E-state index contributed by atoms with van der Waals surface area (Å²) in [6.45, 7) is 5.97. The van der Waals surface area contributed by atoms with E-state index in [2.05, 4.69) is 32.4 Å². The van der Waals surface area contributed by atoms with Gasteiger partial charge < -0.3 is 26.0 Å². The Labute approximate surface area is 137 Å². The molecule has 3 atom stereocenters. The van der Waals surface area contributed by atoms with Crippen molar-refractivity contribution >= 4 is 17.6 Å². The third-order valence-electron chi connectivity index (χ3n) is 5.31. The fourth-order valence-corrected chi connectivity index (χ4v) is 4.00. The first kappa shape index (κ1) is 14.8. The summed E-state index contributed by atoms with van der Waals surface area (Å²) in [5.74, 6) is 3.38. The van der Waals surface area contributed by atoms with Gasteiger partial charge in [0.15, 0.2) is 11.6 Å². The standard InChI is InChI=1S/C16H26N6O/c1-2-11-5-7-23-13-14(19-11)20-16(17)21-15(13)22-8-10-4-3-6-18-12(10)9-22/h10-12,18H,2-9H2,1H3,(H3,17,19,20,21)/t10-,11-,12+/m1/s1. The number of nitrogens with zero attached hydrogens (tertiary/aromatic N) is 3. The van der Waals surface area contributed by atoms with Gasteiger partial charge in [-0.15, -0.1) is 0 Å². The molecular formula is C16H26N6O. The van der Waals surface area contributed by atoms with Crippen LogP contribution in [0.4, 0.5) is 17.6 Å². The van der Waals surface area contributed by atoms with Gasteiger partial charge in [0, 0.05) is 31.6 Å². The van der Waals surface area contributed by atoms with Gasteiger partial charge in [0.05, 0.1) is 6.61 Å². The van der Waals surface area contributed by atoms with Gasteiger partial charge in [-0.25, -0.2) is 0 Å². The summed E-state index contributed by atoms with van der Waals surface area (Å²) >= 11 is 0. The van der Waals surface area contributed by atoms with Gasteiger partial charge in [-0.2, -0.15) is 9.97 Å². The van der Waals surface area contributed by atoms with E-state index in [1.54, 1.807) is 0 Å². The molecule has 0 radical (unpaired) electrons. The molecular weight excluding hydrogens is 292 g/mol. The number of nitrogen functional groups attached to an aromatic ring is 1. The molecule has 1 aromatic rings. The Kier molecular flexibility index (Phi) is 3.88. The Balaban J connectivity index is 1.65. The lowest BCUT2D eigenvalue weighted by Gasteiger charge is -2.24. The summed E-state index contributed by atoms with van der Waals surface area (Å²) in [5, 5.41) is 7.11. The number of ether oxygens (including phenoxy) is 1. The first-order valence-corrected chi connectivity index (χ1v) is 8.79. The van der Waals surface area contributed by atoms with Gasteiger partial charge in [0.2, 0.25) is 11.7 Å². The molecule has 0 aromatic carbocycles. The second-order valence-corrected chi connectivity index (χ2v) is 6.84. The number of aromatic nitrogens is 2. The maximum Gasteiger partial charge on any atom is 0.224 e. The maximum atomic E-state index is 6.03. The molecule has 126 valence electrons. The molecule has 0 bridgehead atoms. The summed E-state index contributed by atoms with van der Waals surface area (Å²) in [6, 6.07) is 0.930. The highest BCUT2D eigenvalue weighted by molar-refractivity contribution is 5.68. The smallest absolute Gasteiger partial charge is 0.224 e. The fraction of sp³-hybridized carbons (Fsp3) is 0.750. The first-order valence-electron chi connectivity index (χ1n) is 8.79. The summed E-state index contributed by atoms with van der Waals surface area (Å²) < 4.78 is 6.03. The quantitative estimate of drug-likeness (QED) is 0.755. The lowest BCUT2D eigenvalue weighted by atomic mass is 9.94. The largest absolute Gasteiger partial charge is 0.486 e. The molecule has 0 spiro atoms. The van der Waals surface area contributed by atoms with Crippen molar-refractivity contribution in [3.8, 4) is 5.75 Å². The van der Waals surface area contributed by atoms with Gasteiger partial charge in [-0.05, 0) is 31.7 Å². The monoisotopic (exact) mass is 318 g/mol. The number of nitrogens with one attached hydrogen (secondary N) is 2. The van der Waals surface area contributed by atoms with E-state index < -0.39 is 0 Å². The van der Waals surface area contributed by atoms with Crippen LogP contribution in [0, 0.1) is 5.92 Å². The van der Waals surface area contributed by atoms with Gasteiger partial charge in [0.1, 0.15) is 0 Å². The third-order valence-corrected chi connectivity index (χ3v) is 5.31. The molecule has 0 amide bonds. The van der Waals surface area contributed by atoms with E-state index in [9.17, 15) is 0 Å². The third kappa shape index (κ3) is 2.78. The molecule has 0 unspecified atom stereocenters. The molecule has 2 fully saturated rings. The van der Waals surface area contributed by atoms with Crippen molar-refractivity contribution in [2.75, 3.05) is 42.2 Å². The van der Waals surface area contributed by atoms with E-state index in [-0.39, 0.29) is 0 Å². The lowest BCUT2D eigenvalue weighted by Crippen LogP contribution is -2.40. The Bertz CT molecular complexity index is 566. The van der Waals surface area contributed by atoms with E-state index in [0.717, 1.165) is 49.9 Å². The average Bonchev–Trinajstić information content (AvgIpc) is 2.88. The molecule has 7 nitrogen and oxygen atoms in total. The number of piperidine rings is 1. The van der Waals surface area contributed by atoms with E-state index in [1.165, 1.54) is 12.8 Å². The van der Waals surface area contributed by atoms with Crippen LogP contribution in [0.1, 0.15) is 32.6 Å². The minimum atomic E-state index is 0.314. The van der Waals surface area contributed by atoms with Crippen molar-refractivity contribution in [1.82, 2.24) is 15.3 Å². The molecule has 2 saturated heterocycles. The number of hydrogen-bond acceptors (Lipinski definition) is 7. The summed E-state index contributed by atoms with van der Waals surface area (Å²) in [6.07, 6.45) is 4.56. The van der Waals surface area contributed by atoms with Crippen molar-refractivity contribution in [3.63, 3.8) is 0 Å². The highest BCUT2D eigenvalue weighted by atomic mass is 16.5. The zero-order chi connectivity index (χ0) is 15.8. The predicted octanol–water partition coefficient (Wildman–Crippen LogP) is 1.22. The van der Waals surface area contributed by atoms with Crippen LogP contribution in [0.25, 0.3) is 0 Å².